The first-order valence-electron chi connectivity index (χ1n) is 4.04. The van der Waals surface area contributed by atoms with E-state index in [2.05, 4.69) is 20.8 Å². The van der Waals surface area contributed by atoms with E-state index in [-0.39, 0.29) is 4.75 Å². The average molecular weight is 192 g/mol. The van der Waals surface area contributed by atoms with Crippen LogP contribution in [0.4, 0.5) is 0 Å². The highest BCUT2D eigenvalue weighted by molar-refractivity contribution is 8.12. The van der Waals surface area contributed by atoms with Crippen molar-refractivity contribution in [1.82, 2.24) is 0 Å². The Labute approximate surface area is 75.8 Å². The summed E-state index contributed by atoms with van der Waals surface area (Å²) in [7, 11) is -0.544. The first-order chi connectivity index (χ1) is 4.99. The SMILES string of the molecule is CC(C)(C)S[C@H]1CCCS1=O. The number of rotatable bonds is 1. The van der Waals surface area contributed by atoms with Gasteiger partial charge in [-0.1, -0.05) is 20.8 Å². The van der Waals surface area contributed by atoms with Crippen molar-refractivity contribution in [3.05, 3.63) is 0 Å². The lowest BCUT2D eigenvalue weighted by Crippen LogP contribution is -2.16. The highest BCUT2D eigenvalue weighted by Gasteiger charge is 2.27. The fraction of sp³-hybridized carbons (Fsp3) is 1.00. The molecular formula is C8H16OS2. The zero-order valence-corrected chi connectivity index (χ0v) is 9.06. The Kier molecular flexibility index (Phi) is 3.03. The predicted octanol–water partition coefficient (Wildman–Crippen LogP) is 2.39. The molecule has 1 fully saturated rings. The third kappa shape index (κ3) is 3.16. The molecule has 0 radical (unpaired) electrons. The van der Waals surface area contributed by atoms with Crippen molar-refractivity contribution in [2.24, 2.45) is 0 Å². The van der Waals surface area contributed by atoms with Crippen molar-refractivity contribution in [3.63, 3.8) is 0 Å². The van der Waals surface area contributed by atoms with E-state index in [1.165, 1.54) is 0 Å². The molecule has 1 aliphatic rings. The number of thioether (sulfide) groups is 1. The van der Waals surface area contributed by atoms with Crippen molar-refractivity contribution < 1.29 is 4.21 Å². The van der Waals surface area contributed by atoms with Gasteiger partial charge < -0.3 is 0 Å². The van der Waals surface area contributed by atoms with Gasteiger partial charge in [0.25, 0.3) is 0 Å². The molecule has 2 atom stereocenters. The fourth-order valence-electron chi connectivity index (χ4n) is 1.16. The van der Waals surface area contributed by atoms with Crippen LogP contribution in [-0.2, 0) is 10.8 Å². The van der Waals surface area contributed by atoms with Crippen LogP contribution in [0.25, 0.3) is 0 Å². The van der Waals surface area contributed by atoms with Gasteiger partial charge in [-0.25, -0.2) is 0 Å². The van der Waals surface area contributed by atoms with E-state index in [1.807, 2.05) is 11.8 Å². The maximum Gasteiger partial charge on any atom is 0.0806 e. The van der Waals surface area contributed by atoms with E-state index in [1.54, 1.807) is 0 Å². The van der Waals surface area contributed by atoms with E-state index in [4.69, 9.17) is 0 Å². The summed E-state index contributed by atoms with van der Waals surface area (Å²) >= 11 is 1.87. The molecule has 3 heteroatoms. The van der Waals surface area contributed by atoms with Crippen LogP contribution in [0.1, 0.15) is 33.6 Å². The summed E-state index contributed by atoms with van der Waals surface area (Å²) in [6.45, 7) is 6.56. The molecule has 1 nitrogen and oxygen atoms in total. The lowest BCUT2D eigenvalue weighted by atomic mass is 10.3. The molecule has 0 aromatic rings. The summed E-state index contributed by atoms with van der Waals surface area (Å²) < 4.78 is 12.0. The smallest absolute Gasteiger partial charge is 0.0806 e. The van der Waals surface area contributed by atoms with Gasteiger partial charge in [0.05, 0.1) is 4.58 Å². The molecule has 0 saturated carbocycles. The molecule has 11 heavy (non-hydrogen) atoms. The molecule has 1 unspecified atom stereocenters. The summed E-state index contributed by atoms with van der Waals surface area (Å²) in [5.74, 6) is 0.924. The van der Waals surface area contributed by atoms with Crippen LogP contribution in [0.3, 0.4) is 0 Å². The standard InChI is InChI=1S/C8H16OS2/c1-8(2,3)10-7-5-4-6-11(7)9/h7H,4-6H2,1-3H3/t7-,11?/m1/s1. The van der Waals surface area contributed by atoms with Gasteiger partial charge in [0.2, 0.25) is 0 Å². The fourth-order valence-corrected chi connectivity index (χ4v) is 4.96. The van der Waals surface area contributed by atoms with Crippen molar-refractivity contribution in [2.45, 2.75) is 42.9 Å². The van der Waals surface area contributed by atoms with Gasteiger partial charge in [0, 0.05) is 21.3 Å². The van der Waals surface area contributed by atoms with Crippen molar-refractivity contribution in [1.29, 1.82) is 0 Å². The van der Waals surface area contributed by atoms with Crippen LogP contribution >= 0.6 is 11.8 Å². The summed E-state index contributed by atoms with van der Waals surface area (Å²) in [5, 5.41) is 0. The normalized spacial score (nSPS) is 32.6. The molecule has 0 bridgehead atoms. The Bertz CT molecular complexity index is 160. The van der Waals surface area contributed by atoms with Gasteiger partial charge >= 0.3 is 0 Å². The minimum absolute atomic E-state index is 0.269. The van der Waals surface area contributed by atoms with E-state index in [0.717, 1.165) is 18.6 Å². The molecule has 0 N–H and O–H groups in total. The minimum Gasteiger partial charge on any atom is -0.258 e. The molecule has 66 valence electrons. The lowest BCUT2D eigenvalue weighted by Gasteiger charge is -2.21. The first kappa shape index (κ1) is 9.59. The summed E-state index contributed by atoms with van der Waals surface area (Å²) in [5.41, 5.74) is 0. The summed E-state index contributed by atoms with van der Waals surface area (Å²) in [4.78, 5) is 0. The maximum atomic E-state index is 11.3. The Morgan fingerprint density at radius 2 is 2.09 bits per heavy atom. The molecule has 0 aliphatic carbocycles. The lowest BCUT2D eigenvalue weighted by molar-refractivity contribution is 0.685. The molecule has 1 saturated heterocycles. The molecule has 0 aromatic carbocycles. The zero-order chi connectivity index (χ0) is 8.48. The van der Waals surface area contributed by atoms with Crippen molar-refractivity contribution in [3.8, 4) is 0 Å². The van der Waals surface area contributed by atoms with E-state index in [0.29, 0.717) is 4.58 Å². The van der Waals surface area contributed by atoms with Gasteiger partial charge in [-0.2, -0.15) is 0 Å². The van der Waals surface area contributed by atoms with Gasteiger partial charge in [0.1, 0.15) is 0 Å². The van der Waals surface area contributed by atoms with Crippen molar-refractivity contribution >= 4 is 22.6 Å². The second-order valence-corrected chi connectivity index (χ2v) is 7.95. The van der Waals surface area contributed by atoms with E-state index in [9.17, 15) is 4.21 Å². The Morgan fingerprint density at radius 1 is 1.45 bits per heavy atom. The molecule has 1 heterocycles. The third-order valence-corrected chi connectivity index (χ3v) is 5.22. The Morgan fingerprint density at radius 3 is 2.45 bits per heavy atom. The maximum absolute atomic E-state index is 11.3. The van der Waals surface area contributed by atoms with Crippen LogP contribution in [0.2, 0.25) is 0 Å². The Hall–Kier alpha value is 0.500. The predicted molar refractivity (Wildman–Crippen MR) is 53.4 cm³/mol. The number of hydrogen-bond donors (Lipinski definition) is 0. The van der Waals surface area contributed by atoms with Gasteiger partial charge in [-0.15, -0.1) is 11.8 Å². The van der Waals surface area contributed by atoms with Gasteiger partial charge in [-0.05, 0) is 12.8 Å². The van der Waals surface area contributed by atoms with Crippen LogP contribution < -0.4 is 0 Å². The van der Waals surface area contributed by atoms with Gasteiger partial charge in [-0.3, -0.25) is 4.21 Å². The Balaban J connectivity index is 2.43. The molecule has 0 spiro atoms. The monoisotopic (exact) mass is 192 g/mol. The quantitative estimate of drug-likeness (QED) is 0.634. The first-order valence-corrected chi connectivity index (χ1v) is 6.30. The summed E-state index contributed by atoms with van der Waals surface area (Å²) in [6, 6.07) is 0. The van der Waals surface area contributed by atoms with E-state index >= 15 is 0 Å². The van der Waals surface area contributed by atoms with Crippen molar-refractivity contribution in [2.75, 3.05) is 5.75 Å². The second-order valence-electron chi connectivity index (χ2n) is 3.89. The minimum atomic E-state index is -0.544. The zero-order valence-electron chi connectivity index (χ0n) is 7.42. The van der Waals surface area contributed by atoms with Crippen LogP contribution in [0.15, 0.2) is 0 Å². The average Bonchev–Trinajstić information content (AvgIpc) is 2.12. The molecule has 0 amide bonds. The second kappa shape index (κ2) is 3.48. The molecule has 1 rings (SSSR count). The van der Waals surface area contributed by atoms with Crippen LogP contribution in [-0.4, -0.2) is 19.3 Å². The highest BCUT2D eigenvalue weighted by atomic mass is 32.2. The number of hydrogen-bond acceptors (Lipinski definition) is 2. The van der Waals surface area contributed by atoms with Crippen LogP contribution in [0.5, 0.6) is 0 Å². The molecule has 0 aromatic heterocycles. The highest BCUT2D eigenvalue weighted by Crippen LogP contribution is 2.35. The molecular weight excluding hydrogens is 176 g/mol. The molecule has 1 aliphatic heterocycles. The largest absolute Gasteiger partial charge is 0.258 e. The summed E-state index contributed by atoms with van der Waals surface area (Å²) in [6.07, 6.45) is 2.30. The topological polar surface area (TPSA) is 17.1 Å². The van der Waals surface area contributed by atoms with Crippen LogP contribution in [0, 0.1) is 0 Å². The third-order valence-electron chi connectivity index (χ3n) is 1.56. The van der Waals surface area contributed by atoms with E-state index < -0.39 is 10.8 Å². The van der Waals surface area contributed by atoms with Gasteiger partial charge in [0.15, 0.2) is 0 Å².